The van der Waals surface area contributed by atoms with E-state index in [1.165, 1.54) is 6.07 Å². The number of carboxylic acid groups (broad SMARTS) is 1. The molecule has 1 rings (SSSR count). The fraction of sp³-hybridized carbons (Fsp3) is 0.273. The first-order valence-electron chi connectivity index (χ1n) is 4.92. The molecule has 0 aromatic heterocycles. The Labute approximate surface area is 97.8 Å². The van der Waals surface area contributed by atoms with Gasteiger partial charge in [0.25, 0.3) is 0 Å². The molecule has 3 N–H and O–H groups in total. The summed E-state index contributed by atoms with van der Waals surface area (Å²) in [6.45, 7) is -0.661. The predicted octanol–water partition coefficient (Wildman–Crippen LogP) is 0.110. The van der Waals surface area contributed by atoms with Gasteiger partial charge in [-0.3, -0.25) is 4.79 Å². The van der Waals surface area contributed by atoms with Gasteiger partial charge in [0.2, 0.25) is 5.91 Å². The summed E-state index contributed by atoms with van der Waals surface area (Å²) in [7, 11) is 0. The fourth-order valence-corrected chi connectivity index (χ4v) is 1.14. The van der Waals surface area contributed by atoms with Crippen molar-refractivity contribution in [3.8, 4) is 5.75 Å². The lowest BCUT2D eigenvalue weighted by Crippen LogP contribution is -2.28. The number of amides is 1. The number of hydrogen-bond acceptors (Lipinski definition) is 4. The molecule has 0 spiro atoms. The Balaban J connectivity index is 2.29. The number of benzene rings is 1. The Bertz CT molecular complexity index is 405. The van der Waals surface area contributed by atoms with E-state index in [9.17, 15) is 14.7 Å². The molecule has 1 aromatic rings. The van der Waals surface area contributed by atoms with Crippen LogP contribution in [0.15, 0.2) is 24.3 Å². The number of carbonyl (C=O) groups excluding carboxylic acids is 1. The number of nitrogens with one attached hydrogen (secondary N) is 1. The van der Waals surface area contributed by atoms with Crippen LogP contribution in [0.5, 0.6) is 5.75 Å². The highest BCUT2D eigenvalue weighted by molar-refractivity contribution is 5.77. The molecule has 1 amide bonds. The second kappa shape index (κ2) is 6.49. The normalized spacial score (nSPS) is 9.88. The van der Waals surface area contributed by atoms with Gasteiger partial charge in [0.05, 0.1) is 0 Å². The highest BCUT2D eigenvalue weighted by atomic mass is 16.5. The average molecular weight is 239 g/mol. The zero-order valence-electron chi connectivity index (χ0n) is 9.05. The zero-order chi connectivity index (χ0) is 12.7. The van der Waals surface area contributed by atoms with Crippen LogP contribution in [-0.4, -0.2) is 35.3 Å². The van der Waals surface area contributed by atoms with Crippen molar-refractivity contribution in [1.29, 1.82) is 0 Å². The van der Waals surface area contributed by atoms with Crippen LogP contribution in [0.25, 0.3) is 0 Å². The third-order valence-corrected chi connectivity index (χ3v) is 1.93. The summed E-state index contributed by atoms with van der Waals surface area (Å²) in [6.07, 6.45) is 0. The third-order valence-electron chi connectivity index (χ3n) is 1.93. The minimum Gasteiger partial charge on any atom is -0.508 e. The van der Waals surface area contributed by atoms with Gasteiger partial charge in [-0.1, -0.05) is 18.2 Å². The molecular formula is C11H13NO5. The molecule has 0 unspecified atom stereocenters. The summed E-state index contributed by atoms with van der Waals surface area (Å²) < 4.78 is 4.60. The van der Waals surface area contributed by atoms with E-state index in [0.717, 1.165) is 0 Å². The highest BCUT2D eigenvalue weighted by Crippen LogP contribution is 2.14. The van der Waals surface area contributed by atoms with Gasteiger partial charge in [-0.2, -0.15) is 0 Å². The molecule has 0 fully saturated rings. The lowest BCUT2D eigenvalue weighted by atomic mass is 10.2. The predicted molar refractivity (Wildman–Crippen MR) is 58.4 cm³/mol. The molecular weight excluding hydrogens is 226 g/mol. The Kier molecular flexibility index (Phi) is 4.96. The van der Waals surface area contributed by atoms with E-state index >= 15 is 0 Å². The lowest BCUT2D eigenvalue weighted by Gasteiger charge is -2.06. The molecule has 6 nitrogen and oxygen atoms in total. The number of aromatic hydroxyl groups is 1. The Hall–Kier alpha value is -2.08. The minimum atomic E-state index is -1.13. The molecule has 0 radical (unpaired) electrons. The molecule has 0 aliphatic carbocycles. The van der Waals surface area contributed by atoms with Crippen LogP contribution in [0, 0.1) is 0 Å². The van der Waals surface area contributed by atoms with Crippen molar-refractivity contribution >= 4 is 11.9 Å². The van der Waals surface area contributed by atoms with E-state index in [-0.39, 0.29) is 18.9 Å². The van der Waals surface area contributed by atoms with Crippen LogP contribution in [0.3, 0.4) is 0 Å². The Morgan fingerprint density at radius 3 is 2.59 bits per heavy atom. The maximum Gasteiger partial charge on any atom is 0.329 e. The number of aliphatic carboxylic acids is 1. The van der Waals surface area contributed by atoms with Gasteiger partial charge in [-0.15, -0.1) is 0 Å². The van der Waals surface area contributed by atoms with Gasteiger partial charge in [-0.05, 0) is 6.07 Å². The summed E-state index contributed by atoms with van der Waals surface area (Å²) in [5.74, 6) is -1.47. The number of phenolic OH excluding ortho intramolecular Hbond substituents is 1. The second-order valence-electron chi connectivity index (χ2n) is 3.29. The van der Waals surface area contributed by atoms with Crippen molar-refractivity contribution in [2.24, 2.45) is 0 Å². The number of hydrogen-bond donors (Lipinski definition) is 3. The maximum absolute atomic E-state index is 11.2. The summed E-state index contributed by atoms with van der Waals surface area (Å²) in [5, 5.41) is 20.2. The molecule has 17 heavy (non-hydrogen) atoms. The summed E-state index contributed by atoms with van der Waals surface area (Å²) in [6, 6.07) is 6.61. The number of ether oxygens (including phenoxy) is 1. The molecule has 0 saturated carbocycles. The van der Waals surface area contributed by atoms with Crippen molar-refractivity contribution < 1.29 is 24.5 Å². The van der Waals surface area contributed by atoms with Gasteiger partial charge < -0.3 is 20.3 Å². The fourth-order valence-electron chi connectivity index (χ4n) is 1.14. The number of carboxylic acids is 1. The molecule has 0 aliphatic rings. The van der Waals surface area contributed by atoms with E-state index in [4.69, 9.17) is 5.11 Å². The molecule has 0 heterocycles. The van der Waals surface area contributed by atoms with Crippen LogP contribution in [-0.2, 0) is 20.9 Å². The van der Waals surface area contributed by atoms with Gasteiger partial charge in [-0.25, -0.2) is 4.79 Å². The number of para-hydroxylation sites is 1. The summed E-state index contributed by atoms with van der Waals surface area (Å²) in [4.78, 5) is 21.3. The van der Waals surface area contributed by atoms with Crippen molar-refractivity contribution in [2.75, 3.05) is 13.2 Å². The molecule has 0 atom stereocenters. The molecule has 0 bridgehead atoms. The number of carbonyl (C=O) groups is 2. The largest absolute Gasteiger partial charge is 0.508 e. The van der Waals surface area contributed by atoms with Gasteiger partial charge in [0.15, 0.2) is 0 Å². The SMILES string of the molecule is O=C(O)COCC(=O)NCc1ccccc1O. The van der Waals surface area contributed by atoms with E-state index in [1.54, 1.807) is 18.2 Å². The second-order valence-corrected chi connectivity index (χ2v) is 3.29. The van der Waals surface area contributed by atoms with Crippen LogP contribution in [0.4, 0.5) is 0 Å². The van der Waals surface area contributed by atoms with E-state index in [1.807, 2.05) is 0 Å². The first kappa shape index (κ1) is 13.0. The third kappa shape index (κ3) is 4.98. The summed E-state index contributed by atoms with van der Waals surface area (Å²) in [5.41, 5.74) is 0.582. The van der Waals surface area contributed by atoms with Crippen molar-refractivity contribution in [2.45, 2.75) is 6.54 Å². The Morgan fingerprint density at radius 2 is 1.94 bits per heavy atom. The van der Waals surface area contributed by atoms with Gasteiger partial charge in [0, 0.05) is 12.1 Å². The molecule has 92 valence electrons. The van der Waals surface area contributed by atoms with E-state index in [0.29, 0.717) is 5.56 Å². The quantitative estimate of drug-likeness (QED) is 0.654. The first-order valence-corrected chi connectivity index (χ1v) is 4.92. The minimum absolute atomic E-state index is 0.0965. The van der Waals surface area contributed by atoms with Crippen LogP contribution < -0.4 is 5.32 Å². The highest BCUT2D eigenvalue weighted by Gasteiger charge is 2.05. The topological polar surface area (TPSA) is 95.9 Å². The Morgan fingerprint density at radius 1 is 1.24 bits per heavy atom. The van der Waals surface area contributed by atoms with Crippen LogP contribution in [0.2, 0.25) is 0 Å². The average Bonchev–Trinajstić information content (AvgIpc) is 2.27. The monoisotopic (exact) mass is 239 g/mol. The van der Waals surface area contributed by atoms with E-state index in [2.05, 4.69) is 10.1 Å². The number of phenols is 1. The van der Waals surface area contributed by atoms with Gasteiger partial charge >= 0.3 is 5.97 Å². The molecule has 0 saturated heterocycles. The molecule has 0 aliphatic heterocycles. The lowest BCUT2D eigenvalue weighted by molar-refractivity contribution is -0.143. The maximum atomic E-state index is 11.2. The summed E-state index contributed by atoms with van der Waals surface area (Å²) >= 11 is 0. The standard InChI is InChI=1S/C11H13NO5/c13-9-4-2-1-3-8(9)5-12-10(14)6-17-7-11(15)16/h1-4,13H,5-7H2,(H,12,14)(H,15,16). The molecule has 1 aromatic carbocycles. The van der Waals surface area contributed by atoms with Crippen molar-refractivity contribution in [3.05, 3.63) is 29.8 Å². The van der Waals surface area contributed by atoms with Crippen LogP contribution >= 0.6 is 0 Å². The molecule has 6 heteroatoms. The smallest absolute Gasteiger partial charge is 0.329 e. The first-order chi connectivity index (χ1) is 8.09. The number of rotatable bonds is 6. The van der Waals surface area contributed by atoms with Crippen LogP contribution in [0.1, 0.15) is 5.56 Å². The zero-order valence-corrected chi connectivity index (χ0v) is 9.05. The van der Waals surface area contributed by atoms with Crippen molar-refractivity contribution in [1.82, 2.24) is 5.32 Å². The van der Waals surface area contributed by atoms with E-state index < -0.39 is 18.5 Å². The van der Waals surface area contributed by atoms with Crippen molar-refractivity contribution in [3.63, 3.8) is 0 Å². The van der Waals surface area contributed by atoms with Gasteiger partial charge in [0.1, 0.15) is 19.0 Å².